The number of nitrogens with two attached hydrogens (primary N) is 1. The van der Waals surface area contributed by atoms with Crippen molar-refractivity contribution in [1.82, 2.24) is 10.6 Å². The molecule has 4 aliphatic carbocycles. The lowest BCUT2D eigenvalue weighted by atomic mass is 9.90. The molecule has 5 nitrogen and oxygen atoms in total. The van der Waals surface area contributed by atoms with E-state index in [9.17, 15) is 0 Å². The summed E-state index contributed by atoms with van der Waals surface area (Å²) in [4.78, 5) is 9.63. The van der Waals surface area contributed by atoms with Gasteiger partial charge in [-0.3, -0.25) is 5.73 Å². The summed E-state index contributed by atoms with van der Waals surface area (Å²) in [5.41, 5.74) is 6.70. The highest BCUT2D eigenvalue weighted by molar-refractivity contribution is 5.92. The van der Waals surface area contributed by atoms with E-state index in [1.165, 1.54) is 51.4 Å². The summed E-state index contributed by atoms with van der Waals surface area (Å²) in [6.07, 6.45) is 12.5. The topological polar surface area (TPSA) is 74.8 Å². The van der Waals surface area contributed by atoms with Gasteiger partial charge in [-0.25, -0.2) is 9.98 Å². The number of hydrogen-bond donors (Lipinski definition) is 3. The van der Waals surface area contributed by atoms with Gasteiger partial charge in [-0.1, -0.05) is 0 Å². The van der Waals surface area contributed by atoms with Crippen LogP contribution < -0.4 is 16.4 Å². The lowest BCUT2D eigenvalue weighted by Crippen LogP contribution is -2.66. The van der Waals surface area contributed by atoms with Gasteiger partial charge in [0.05, 0.1) is 12.4 Å². The van der Waals surface area contributed by atoms with E-state index in [0.29, 0.717) is 12.0 Å². The molecule has 0 amide bonds. The Morgan fingerprint density at radius 2 is 1.55 bits per heavy atom. The van der Waals surface area contributed by atoms with Crippen molar-refractivity contribution in [2.45, 2.75) is 63.2 Å². The van der Waals surface area contributed by atoms with E-state index in [1.54, 1.807) is 6.34 Å². The lowest BCUT2D eigenvalue weighted by Gasteiger charge is -2.38. The van der Waals surface area contributed by atoms with Gasteiger partial charge in [0, 0.05) is 5.92 Å². The van der Waals surface area contributed by atoms with Gasteiger partial charge in [0.15, 0.2) is 11.7 Å². The Labute approximate surface area is 132 Å². The van der Waals surface area contributed by atoms with E-state index in [0.717, 1.165) is 29.6 Å². The van der Waals surface area contributed by atoms with Gasteiger partial charge in [0.2, 0.25) is 0 Å². The van der Waals surface area contributed by atoms with Crippen molar-refractivity contribution in [2.75, 3.05) is 0 Å². The van der Waals surface area contributed by atoms with Crippen LogP contribution in [0.4, 0.5) is 0 Å². The van der Waals surface area contributed by atoms with Crippen LogP contribution in [0, 0.1) is 29.6 Å². The first-order chi connectivity index (χ1) is 10.7. The standard InChI is InChI=1S/C17H27N5/c18-17(14(10-1-2-10)11-3-4-11)20-9-19-16(22-17)21-15(12-5-6-12)13-7-8-13/h9-15H,1-8,18H2,(H2,19,20,21,22). The third-order valence-electron chi connectivity index (χ3n) is 6.05. The summed E-state index contributed by atoms with van der Waals surface area (Å²) >= 11 is 0. The molecule has 5 aliphatic rings. The second kappa shape index (κ2) is 4.70. The Hall–Kier alpha value is -1.10. The first kappa shape index (κ1) is 13.3. The number of nitrogens with one attached hydrogen (secondary N) is 2. The minimum Gasteiger partial charge on any atom is -0.319 e. The fraction of sp³-hybridized carbons (Fsp3) is 0.882. The molecular formula is C17H27N5. The van der Waals surface area contributed by atoms with E-state index >= 15 is 0 Å². The molecular weight excluding hydrogens is 274 g/mol. The average molecular weight is 301 g/mol. The average Bonchev–Trinajstić information content (AvgIpc) is 3.37. The number of guanidine groups is 1. The van der Waals surface area contributed by atoms with Crippen LogP contribution in [0.15, 0.2) is 9.98 Å². The Bertz CT molecular complexity index is 489. The van der Waals surface area contributed by atoms with Crippen LogP contribution in [-0.4, -0.2) is 24.1 Å². The summed E-state index contributed by atoms with van der Waals surface area (Å²) in [6.45, 7) is 0. The van der Waals surface area contributed by atoms with Crippen molar-refractivity contribution >= 4 is 12.3 Å². The zero-order valence-corrected chi connectivity index (χ0v) is 13.2. The molecule has 120 valence electrons. The smallest absolute Gasteiger partial charge is 0.199 e. The third-order valence-corrected chi connectivity index (χ3v) is 6.05. The molecule has 5 rings (SSSR count). The van der Waals surface area contributed by atoms with E-state index in [1.807, 2.05) is 0 Å². The van der Waals surface area contributed by atoms with E-state index < -0.39 is 5.79 Å². The first-order valence-corrected chi connectivity index (χ1v) is 9.18. The van der Waals surface area contributed by atoms with Crippen molar-refractivity contribution in [1.29, 1.82) is 0 Å². The van der Waals surface area contributed by atoms with Gasteiger partial charge in [0.1, 0.15) is 0 Å². The lowest BCUT2D eigenvalue weighted by molar-refractivity contribution is 0.197. The van der Waals surface area contributed by atoms with E-state index in [4.69, 9.17) is 10.7 Å². The van der Waals surface area contributed by atoms with Crippen LogP contribution in [0.5, 0.6) is 0 Å². The molecule has 22 heavy (non-hydrogen) atoms. The first-order valence-electron chi connectivity index (χ1n) is 9.18. The molecule has 0 radical (unpaired) electrons. The molecule has 1 heterocycles. The van der Waals surface area contributed by atoms with Crippen molar-refractivity contribution in [3.63, 3.8) is 0 Å². The number of nitrogens with zero attached hydrogens (tertiary/aromatic N) is 2. The Morgan fingerprint density at radius 1 is 1.00 bits per heavy atom. The zero-order valence-electron chi connectivity index (χ0n) is 13.2. The summed E-state index contributed by atoms with van der Waals surface area (Å²) in [6, 6.07) is 0.506. The van der Waals surface area contributed by atoms with Crippen molar-refractivity contribution in [3.8, 4) is 0 Å². The molecule has 0 bridgehead atoms. The van der Waals surface area contributed by atoms with Crippen LogP contribution in [0.3, 0.4) is 0 Å². The monoisotopic (exact) mass is 301 g/mol. The predicted octanol–water partition coefficient (Wildman–Crippen LogP) is 1.80. The maximum Gasteiger partial charge on any atom is 0.199 e. The predicted molar refractivity (Wildman–Crippen MR) is 87.3 cm³/mol. The van der Waals surface area contributed by atoms with E-state index in [2.05, 4.69) is 15.6 Å². The van der Waals surface area contributed by atoms with Crippen molar-refractivity contribution < 1.29 is 0 Å². The molecule has 0 aromatic heterocycles. The molecule has 1 atom stereocenters. The van der Waals surface area contributed by atoms with Crippen LogP contribution in [0.2, 0.25) is 0 Å². The summed E-state index contributed by atoms with van der Waals surface area (Å²) in [5.74, 6) is 3.89. The van der Waals surface area contributed by atoms with Gasteiger partial charge in [-0.2, -0.15) is 0 Å². The maximum atomic E-state index is 6.70. The highest BCUT2D eigenvalue weighted by Crippen LogP contribution is 2.53. The summed E-state index contributed by atoms with van der Waals surface area (Å²) < 4.78 is 0. The Kier molecular flexibility index (Phi) is 2.85. The third kappa shape index (κ3) is 2.53. The van der Waals surface area contributed by atoms with Crippen LogP contribution in [-0.2, 0) is 0 Å². The second-order valence-corrected chi connectivity index (χ2v) is 8.20. The van der Waals surface area contributed by atoms with Gasteiger partial charge < -0.3 is 10.6 Å². The fourth-order valence-corrected chi connectivity index (χ4v) is 4.33. The minimum atomic E-state index is -0.635. The van der Waals surface area contributed by atoms with Gasteiger partial charge in [-0.05, 0) is 75.0 Å². The largest absolute Gasteiger partial charge is 0.319 e. The van der Waals surface area contributed by atoms with Gasteiger partial charge >= 0.3 is 0 Å². The fourth-order valence-electron chi connectivity index (χ4n) is 4.33. The number of rotatable bonds is 6. The summed E-state index contributed by atoms with van der Waals surface area (Å²) in [5, 5.41) is 6.70. The maximum absolute atomic E-state index is 6.70. The quantitative estimate of drug-likeness (QED) is 0.700. The SMILES string of the molecule is NC1(C(C2CC2)C2CC2)N=CNC(=NC(C2CC2)C2CC2)N1. The second-order valence-electron chi connectivity index (χ2n) is 8.20. The molecule has 0 spiro atoms. The minimum absolute atomic E-state index is 0.483. The molecule has 4 saturated carbocycles. The van der Waals surface area contributed by atoms with Gasteiger partial charge in [-0.15, -0.1) is 0 Å². The molecule has 0 aromatic rings. The molecule has 1 aliphatic heterocycles. The number of aliphatic imine (C=N–C) groups is 2. The molecule has 1 unspecified atom stereocenters. The number of hydrogen-bond acceptors (Lipinski definition) is 3. The molecule has 4 fully saturated rings. The van der Waals surface area contributed by atoms with Crippen LogP contribution in [0.1, 0.15) is 51.4 Å². The highest BCUT2D eigenvalue weighted by atomic mass is 15.4. The Morgan fingerprint density at radius 3 is 2.05 bits per heavy atom. The highest BCUT2D eigenvalue weighted by Gasteiger charge is 2.53. The molecule has 0 saturated heterocycles. The van der Waals surface area contributed by atoms with Crippen LogP contribution >= 0.6 is 0 Å². The van der Waals surface area contributed by atoms with Crippen molar-refractivity contribution in [2.24, 2.45) is 45.3 Å². The summed E-state index contributed by atoms with van der Waals surface area (Å²) in [7, 11) is 0. The van der Waals surface area contributed by atoms with E-state index in [-0.39, 0.29) is 0 Å². The Balaban J connectivity index is 1.36. The molecule has 4 N–H and O–H groups in total. The molecule has 0 aromatic carbocycles. The zero-order chi connectivity index (χ0) is 14.7. The van der Waals surface area contributed by atoms with Gasteiger partial charge in [0.25, 0.3) is 0 Å². The van der Waals surface area contributed by atoms with Crippen LogP contribution in [0.25, 0.3) is 0 Å². The van der Waals surface area contributed by atoms with Crippen molar-refractivity contribution in [3.05, 3.63) is 0 Å². The molecule has 5 heteroatoms. The normalized spacial score (nSPS) is 36.8.